The minimum atomic E-state index is -0.561. The van der Waals surface area contributed by atoms with E-state index in [0.29, 0.717) is 19.6 Å². The van der Waals surface area contributed by atoms with Crippen LogP contribution in [-0.2, 0) is 38.1 Å². The van der Waals surface area contributed by atoms with Crippen molar-refractivity contribution in [2.45, 2.75) is 32.8 Å². The number of amides is 3. The molecular formula is C18H33N3O8. The minimum Gasteiger partial charge on any atom is -0.458 e. The van der Waals surface area contributed by atoms with Gasteiger partial charge in [0.25, 0.3) is 0 Å². The van der Waals surface area contributed by atoms with Crippen LogP contribution in [0.4, 0.5) is 0 Å². The fraction of sp³-hybridized carbons (Fsp3) is 0.778. The lowest BCUT2D eigenvalue weighted by Gasteiger charge is -2.19. The molecule has 3 N–H and O–H groups in total. The Morgan fingerprint density at radius 2 is 1.38 bits per heavy atom. The van der Waals surface area contributed by atoms with Crippen LogP contribution in [0.1, 0.15) is 27.2 Å². The van der Waals surface area contributed by atoms with Crippen molar-refractivity contribution in [1.29, 1.82) is 0 Å². The minimum absolute atomic E-state index is 0.144. The highest BCUT2D eigenvalue weighted by molar-refractivity contribution is 5.77. The van der Waals surface area contributed by atoms with E-state index in [2.05, 4.69) is 16.0 Å². The van der Waals surface area contributed by atoms with Gasteiger partial charge < -0.3 is 34.9 Å². The van der Waals surface area contributed by atoms with Crippen LogP contribution in [-0.4, -0.2) is 89.1 Å². The van der Waals surface area contributed by atoms with Crippen LogP contribution in [0.15, 0.2) is 0 Å². The molecule has 0 aromatic carbocycles. The summed E-state index contributed by atoms with van der Waals surface area (Å²) in [5.74, 6) is -0.978. The first-order valence-electron chi connectivity index (χ1n) is 9.40. The van der Waals surface area contributed by atoms with Crippen LogP contribution in [0.3, 0.4) is 0 Å². The highest BCUT2D eigenvalue weighted by atomic mass is 16.6. The normalized spacial score (nSPS) is 10.9. The number of hydrogen-bond donors (Lipinski definition) is 3. The molecule has 0 bridgehead atoms. The topological polar surface area (TPSA) is 141 Å². The predicted molar refractivity (Wildman–Crippen MR) is 103 cm³/mol. The molecule has 0 heterocycles. The van der Waals surface area contributed by atoms with Gasteiger partial charge in [0.2, 0.25) is 18.2 Å². The highest BCUT2D eigenvalue weighted by Crippen LogP contribution is 2.06. The van der Waals surface area contributed by atoms with Crippen LogP contribution in [0.25, 0.3) is 0 Å². The average molecular weight is 419 g/mol. The molecule has 11 nitrogen and oxygen atoms in total. The Labute approximate surface area is 171 Å². The zero-order chi connectivity index (χ0) is 22.0. The molecule has 0 rings (SSSR count). The van der Waals surface area contributed by atoms with Gasteiger partial charge in [-0.05, 0) is 20.8 Å². The van der Waals surface area contributed by atoms with Gasteiger partial charge in [0.15, 0.2) is 0 Å². The molecule has 0 saturated heterocycles. The summed E-state index contributed by atoms with van der Waals surface area (Å²) < 4.78 is 20.5. The van der Waals surface area contributed by atoms with E-state index in [1.165, 1.54) is 0 Å². The molecule has 29 heavy (non-hydrogen) atoms. The van der Waals surface area contributed by atoms with Crippen molar-refractivity contribution >= 4 is 24.2 Å². The van der Waals surface area contributed by atoms with Crippen molar-refractivity contribution < 1.29 is 38.1 Å². The van der Waals surface area contributed by atoms with Crippen molar-refractivity contribution in [2.24, 2.45) is 0 Å². The molecule has 0 aliphatic rings. The molecular weight excluding hydrogens is 386 g/mol. The Kier molecular flexibility index (Phi) is 15.4. The van der Waals surface area contributed by atoms with Gasteiger partial charge in [0.1, 0.15) is 18.8 Å². The van der Waals surface area contributed by atoms with Gasteiger partial charge in [-0.25, -0.2) is 4.79 Å². The quantitative estimate of drug-likeness (QED) is 0.151. The fourth-order valence-electron chi connectivity index (χ4n) is 1.81. The van der Waals surface area contributed by atoms with Crippen LogP contribution < -0.4 is 16.0 Å². The van der Waals surface area contributed by atoms with E-state index in [0.717, 1.165) is 0 Å². The molecule has 168 valence electrons. The Hall–Kier alpha value is -2.24. The summed E-state index contributed by atoms with van der Waals surface area (Å²) in [4.78, 5) is 44.5. The molecule has 0 aromatic heterocycles. The zero-order valence-corrected chi connectivity index (χ0v) is 17.4. The largest absolute Gasteiger partial charge is 0.458 e. The summed E-state index contributed by atoms with van der Waals surface area (Å²) in [7, 11) is 0. The number of ether oxygens (including phenoxy) is 4. The van der Waals surface area contributed by atoms with Crippen LogP contribution in [0, 0.1) is 0 Å². The second-order valence-corrected chi connectivity index (χ2v) is 6.83. The Morgan fingerprint density at radius 3 is 2.00 bits per heavy atom. The van der Waals surface area contributed by atoms with Crippen LogP contribution in [0.5, 0.6) is 0 Å². The average Bonchev–Trinajstić information content (AvgIpc) is 2.62. The lowest BCUT2D eigenvalue weighted by molar-refractivity contribution is -0.160. The van der Waals surface area contributed by atoms with Gasteiger partial charge in [-0.15, -0.1) is 0 Å². The van der Waals surface area contributed by atoms with Crippen molar-refractivity contribution in [2.75, 3.05) is 59.3 Å². The number of esters is 1. The van der Waals surface area contributed by atoms with E-state index in [9.17, 15) is 19.2 Å². The summed E-state index contributed by atoms with van der Waals surface area (Å²) in [6.45, 7) is 6.86. The summed E-state index contributed by atoms with van der Waals surface area (Å²) in [5, 5.41) is 7.66. The number of carbonyl (C=O) groups is 4. The second kappa shape index (κ2) is 16.7. The van der Waals surface area contributed by atoms with E-state index in [-0.39, 0.29) is 64.4 Å². The monoisotopic (exact) mass is 419 g/mol. The van der Waals surface area contributed by atoms with Gasteiger partial charge in [-0.2, -0.15) is 0 Å². The van der Waals surface area contributed by atoms with Gasteiger partial charge in [0.05, 0.1) is 26.4 Å². The van der Waals surface area contributed by atoms with Crippen LogP contribution in [0.2, 0.25) is 0 Å². The first-order valence-corrected chi connectivity index (χ1v) is 9.40. The summed E-state index contributed by atoms with van der Waals surface area (Å²) in [6.07, 6.45) is 0.779. The molecule has 0 unspecified atom stereocenters. The van der Waals surface area contributed by atoms with Gasteiger partial charge in [0, 0.05) is 26.1 Å². The van der Waals surface area contributed by atoms with Crippen molar-refractivity contribution in [3.05, 3.63) is 0 Å². The highest BCUT2D eigenvalue weighted by Gasteiger charge is 2.15. The lowest BCUT2D eigenvalue weighted by Crippen LogP contribution is -2.33. The number of carbonyl (C=O) groups excluding carboxylic acids is 4. The molecule has 0 spiro atoms. The van der Waals surface area contributed by atoms with E-state index < -0.39 is 11.6 Å². The Morgan fingerprint density at radius 1 is 0.793 bits per heavy atom. The number of rotatable bonds is 17. The third-order valence-electron chi connectivity index (χ3n) is 2.96. The Balaban J connectivity index is 3.46. The smallest absolute Gasteiger partial charge is 0.332 e. The van der Waals surface area contributed by atoms with Crippen molar-refractivity contribution in [3.63, 3.8) is 0 Å². The van der Waals surface area contributed by atoms with Gasteiger partial charge >= 0.3 is 5.97 Å². The summed E-state index contributed by atoms with van der Waals surface area (Å²) >= 11 is 0. The zero-order valence-electron chi connectivity index (χ0n) is 17.4. The molecule has 0 aromatic rings. The number of hydrogen-bond acceptors (Lipinski definition) is 8. The third-order valence-corrected chi connectivity index (χ3v) is 2.96. The predicted octanol–water partition coefficient (Wildman–Crippen LogP) is -1.25. The maximum Gasteiger partial charge on any atom is 0.332 e. The third kappa shape index (κ3) is 20.3. The van der Waals surface area contributed by atoms with Crippen molar-refractivity contribution in [1.82, 2.24) is 16.0 Å². The molecule has 0 fully saturated rings. The molecule has 0 radical (unpaired) electrons. The molecule has 0 atom stereocenters. The number of nitrogens with one attached hydrogen (secondary N) is 3. The maximum absolute atomic E-state index is 11.6. The molecule has 0 saturated carbocycles. The molecule has 3 amide bonds. The molecule has 0 aliphatic heterocycles. The lowest BCUT2D eigenvalue weighted by atomic mass is 10.2. The standard InChI is InChI=1S/C18H33N3O8/c1-18(2,3)29-17(25)13-28-11-7-21-16(24)12-27-10-6-20-15(23)4-8-26-9-5-19-14-22/h14H,4-13H2,1-3H3,(H,19,22)(H,20,23)(H,21,24). The van der Waals surface area contributed by atoms with E-state index in [1.807, 2.05) is 0 Å². The maximum atomic E-state index is 11.6. The molecule has 11 heteroatoms. The van der Waals surface area contributed by atoms with E-state index >= 15 is 0 Å². The van der Waals surface area contributed by atoms with Gasteiger partial charge in [-0.3, -0.25) is 14.4 Å². The van der Waals surface area contributed by atoms with Crippen molar-refractivity contribution in [3.8, 4) is 0 Å². The van der Waals surface area contributed by atoms with E-state index in [4.69, 9.17) is 18.9 Å². The summed E-state index contributed by atoms with van der Waals surface area (Å²) in [5.41, 5.74) is -0.561. The van der Waals surface area contributed by atoms with Gasteiger partial charge in [-0.1, -0.05) is 0 Å². The summed E-state index contributed by atoms with van der Waals surface area (Å²) in [6, 6.07) is 0. The van der Waals surface area contributed by atoms with Crippen LogP contribution >= 0.6 is 0 Å². The Bertz CT molecular complexity index is 494. The second-order valence-electron chi connectivity index (χ2n) is 6.83. The first kappa shape index (κ1) is 26.8. The SMILES string of the molecule is CC(C)(C)OC(=O)COCCNC(=O)COCCNC(=O)CCOCCNC=O. The fourth-order valence-corrected chi connectivity index (χ4v) is 1.81. The van der Waals surface area contributed by atoms with E-state index in [1.54, 1.807) is 20.8 Å². The molecule has 0 aliphatic carbocycles. The first-order chi connectivity index (χ1) is 13.7.